The van der Waals surface area contributed by atoms with Gasteiger partial charge in [0.05, 0.1) is 5.56 Å². The number of nitrogens with one attached hydrogen (secondary N) is 3. The van der Waals surface area contributed by atoms with E-state index >= 15 is 0 Å². The van der Waals surface area contributed by atoms with E-state index in [9.17, 15) is 18.4 Å². The van der Waals surface area contributed by atoms with Crippen molar-refractivity contribution in [2.24, 2.45) is 0 Å². The lowest BCUT2D eigenvalue weighted by Gasteiger charge is -2.07. The topological polar surface area (TPSA) is 70.2 Å². The number of halogens is 2. The highest BCUT2D eigenvalue weighted by molar-refractivity contribution is 5.94. The summed E-state index contributed by atoms with van der Waals surface area (Å²) in [7, 11) is 1.79. The second-order valence-electron chi connectivity index (χ2n) is 4.44. The van der Waals surface area contributed by atoms with Crippen LogP contribution in [-0.2, 0) is 4.79 Å². The predicted molar refractivity (Wildman–Crippen MR) is 74.9 cm³/mol. The molecule has 116 valence electrons. The number of hydrogen-bond acceptors (Lipinski definition) is 3. The molecule has 0 unspecified atom stereocenters. The lowest BCUT2D eigenvalue weighted by molar-refractivity contribution is -0.121. The Kier molecular flexibility index (Phi) is 7.31. The molecule has 0 saturated carbocycles. The second-order valence-corrected chi connectivity index (χ2v) is 4.44. The molecule has 1 aromatic carbocycles. The van der Waals surface area contributed by atoms with E-state index in [-0.39, 0.29) is 24.4 Å². The zero-order valence-corrected chi connectivity index (χ0v) is 11.8. The smallest absolute Gasteiger partial charge is 0.254 e. The van der Waals surface area contributed by atoms with Crippen molar-refractivity contribution in [2.75, 3.05) is 26.7 Å². The Hall–Kier alpha value is -2.02. The van der Waals surface area contributed by atoms with Crippen molar-refractivity contribution in [3.63, 3.8) is 0 Å². The van der Waals surface area contributed by atoms with Crippen molar-refractivity contribution >= 4 is 11.8 Å². The molecule has 21 heavy (non-hydrogen) atoms. The van der Waals surface area contributed by atoms with Crippen molar-refractivity contribution in [1.82, 2.24) is 16.0 Å². The minimum atomic E-state index is -0.905. The molecule has 1 rings (SSSR count). The summed E-state index contributed by atoms with van der Waals surface area (Å²) in [5.41, 5.74) is -0.213. The lowest BCUT2D eigenvalue weighted by atomic mass is 10.2. The van der Waals surface area contributed by atoms with Gasteiger partial charge in [0, 0.05) is 32.1 Å². The van der Waals surface area contributed by atoms with Gasteiger partial charge in [0.25, 0.3) is 5.91 Å². The first-order valence-corrected chi connectivity index (χ1v) is 6.69. The molecule has 0 aliphatic rings. The Morgan fingerprint density at radius 1 is 1.10 bits per heavy atom. The van der Waals surface area contributed by atoms with E-state index in [1.165, 1.54) is 0 Å². The molecule has 3 N–H and O–H groups in total. The third-order valence-electron chi connectivity index (χ3n) is 2.74. The van der Waals surface area contributed by atoms with Gasteiger partial charge in [-0.15, -0.1) is 0 Å². The Morgan fingerprint density at radius 2 is 1.86 bits per heavy atom. The van der Waals surface area contributed by atoms with Crippen molar-refractivity contribution < 1.29 is 18.4 Å². The molecule has 0 spiro atoms. The number of carbonyl (C=O) groups is 2. The van der Waals surface area contributed by atoms with E-state index in [1.54, 1.807) is 7.05 Å². The molecule has 0 aromatic heterocycles. The quantitative estimate of drug-likeness (QED) is 0.622. The normalized spacial score (nSPS) is 10.2. The maximum atomic E-state index is 13.3. The van der Waals surface area contributed by atoms with Crippen molar-refractivity contribution in [3.8, 4) is 0 Å². The van der Waals surface area contributed by atoms with Gasteiger partial charge >= 0.3 is 0 Å². The van der Waals surface area contributed by atoms with Crippen LogP contribution in [0.5, 0.6) is 0 Å². The maximum absolute atomic E-state index is 13.3. The molecule has 0 atom stereocenters. The zero-order chi connectivity index (χ0) is 15.7. The molecule has 2 amide bonds. The minimum Gasteiger partial charge on any atom is -0.355 e. The average Bonchev–Trinajstić information content (AvgIpc) is 2.43. The van der Waals surface area contributed by atoms with Gasteiger partial charge in [-0.2, -0.15) is 0 Å². The summed E-state index contributed by atoms with van der Waals surface area (Å²) in [6, 6.07) is 2.77. The van der Waals surface area contributed by atoms with Gasteiger partial charge in [-0.05, 0) is 25.6 Å². The zero-order valence-electron chi connectivity index (χ0n) is 11.8. The van der Waals surface area contributed by atoms with Crippen LogP contribution in [0.25, 0.3) is 0 Å². The SMILES string of the molecule is CNCCNC(=O)CCCNC(=O)c1ccc(F)cc1F. The third kappa shape index (κ3) is 6.31. The van der Waals surface area contributed by atoms with Crippen LogP contribution in [-0.4, -0.2) is 38.5 Å². The number of rotatable bonds is 8. The Balaban J connectivity index is 2.26. The molecule has 0 heterocycles. The monoisotopic (exact) mass is 299 g/mol. The van der Waals surface area contributed by atoms with Gasteiger partial charge in [0.2, 0.25) is 5.91 Å². The summed E-state index contributed by atoms with van der Waals surface area (Å²) in [5, 5.41) is 8.09. The number of likely N-dealkylation sites (N-methyl/N-ethyl adjacent to an activating group) is 1. The molecule has 7 heteroatoms. The fourth-order valence-electron chi connectivity index (χ4n) is 1.64. The molecule has 0 aliphatic carbocycles. The predicted octanol–water partition coefficient (Wildman–Crippen LogP) is 0.810. The van der Waals surface area contributed by atoms with Gasteiger partial charge in [0.1, 0.15) is 11.6 Å². The fourth-order valence-corrected chi connectivity index (χ4v) is 1.64. The number of carbonyl (C=O) groups excluding carboxylic acids is 2. The molecular formula is C14H19F2N3O2. The summed E-state index contributed by atoms with van der Waals surface area (Å²) in [4.78, 5) is 23.0. The van der Waals surface area contributed by atoms with Crippen molar-refractivity contribution in [1.29, 1.82) is 0 Å². The van der Waals surface area contributed by atoms with Crippen LogP contribution in [0, 0.1) is 11.6 Å². The number of hydrogen-bond donors (Lipinski definition) is 3. The van der Waals surface area contributed by atoms with Crippen LogP contribution < -0.4 is 16.0 Å². The highest BCUT2D eigenvalue weighted by Crippen LogP contribution is 2.09. The summed E-state index contributed by atoms with van der Waals surface area (Å²) in [5.74, 6) is -2.37. The van der Waals surface area contributed by atoms with Crippen molar-refractivity contribution in [3.05, 3.63) is 35.4 Å². The molecule has 0 aliphatic heterocycles. The molecule has 1 aromatic rings. The summed E-state index contributed by atoms with van der Waals surface area (Å²) in [6.45, 7) is 1.48. The number of benzene rings is 1. The van der Waals surface area contributed by atoms with Crippen LogP contribution in [0.15, 0.2) is 18.2 Å². The van der Waals surface area contributed by atoms with Crippen LogP contribution in [0.2, 0.25) is 0 Å². The van der Waals surface area contributed by atoms with Crippen LogP contribution in [0.3, 0.4) is 0 Å². The molecular weight excluding hydrogens is 280 g/mol. The molecule has 5 nitrogen and oxygen atoms in total. The van der Waals surface area contributed by atoms with E-state index in [0.29, 0.717) is 25.6 Å². The summed E-state index contributed by atoms with van der Waals surface area (Å²) < 4.78 is 26.1. The first-order valence-electron chi connectivity index (χ1n) is 6.69. The van der Waals surface area contributed by atoms with E-state index in [2.05, 4.69) is 16.0 Å². The van der Waals surface area contributed by atoms with Crippen molar-refractivity contribution in [2.45, 2.75) is 12.8 Å². The van der Waals surface area contributed by atoms with E-state index in [0.717, 1.165) is 12.1 Å². The maximum Gasteiger partial charge on any atom is 0.254 e. The largest absolute Gasteiger partial charge is 0.355 e. The van der Waals surface area contributed by atoms with Crippen LogP contribution in [0.1, 0.15) is 23.2 Å². The standard InChI is InChI=1S/C14H19F2N3O2/c1-17-7-8-18-13(20)3-2-6-19-14(21)11-5-4-10(15)9-12(11)16/h4-5,9,17H,2-3,6-8H2,1H3,(H,18,20)(H,19,21). The summed E-state index contributed by atoms with van der Waals surface area (Å²) >= 11 is 0. The van der Waals surface area contributed by atoms with Crippen LogP contribution in [0.4, 0.5) is 8.78 Å². The minimum absolute atomic E-state index is 0.104. The van der Waals surface area contributed by atoms with Gasteiger partial charge in [-0.3, -0.25) is 9.59 Å². The van der Waals surface area contributed by atoms with E-state index in [1.807, 2.05) is 0 Å². The molecule has 0 fully saturated rings. The molecule has 0 radical (unpaired) electrons. The highest BCUT2D eigenvalue weighted by Gasteiger charge is 2.11. The van der Waals surface area contributed by atoms with E-state index in [4.69, 9.17) is 0 Å². The van der Waals surface area contributed by atoms with Crippen LogP contribution >= 0.6 is 0 Å². The highest BCUT2D eigenvalue weighted by atomic mass is 19.1. The van der Waals surface area contributed by atoms with Gasteiger partial charge < -0.3 is 16.0 Å². The Bertz CT molecular complexity index is 495. The van der Waals surface area contributed by atoms with Gasteiger partial charge in [-0.1, -0.05) is 0 Å². The third-order valence-corrected chi connectivity index (χ3v) is 2.74. The van der Waals surface area contributed by atoms with E-state index < -0.39 is 17.5 Å². The number of amides is 2. The molecule has 0 bridgehead atoms. The Morgan fingerprint density at radius 3 is 2.52 bits per heavy atom. The second kappa shape index (κ2) is 9.02. The van der Waals surface area contributed by atoms with Gasteiger partial charge in [-0.25, -0.2) is 8.78 Å². The molecule has 0 saturated heterocycles. The lowest BCUT2D eigenvalue weighted by Crippen LogP contribution is -2.31. The fraction of sp³-hybridized carbons (Fsp3) is 0.429. The first-order chi connectivity index (χ1) is 10.0. The summed E-state index contributed by atoms with van der Waals surface area (Å²) in [6.07, 6.45) is 0.718. The average molecular weight is 299 g/mol. The van der Waals surface area contributed by atoms with Gasteiger partial charge in [0.15, 0.2) is 0 Å². The first kappa shape index (κ1) is 17.0. The Labute approximate surface area is 122 Å².